The number of hydrogen-bond donors (Lipinski definition) is 1. The number of carbonyl (C=O) groups is 1. The van der Waals surface area contributed by atoms with Crippen molar-refractivity contribution in [1.29, 1.82) is 0 Å². The molecule has 0 aliphatic carbocycles. The van der Waals surface area contributed by atoms with Crippen molar-refractivity contribution in [2.24, 2.45) is 0 Å². The van der Waals surface area contributed by atoms with E-state index in [1.165, 1.54) is 5.56 Å². The molecule has 0 bridgehead atoms. The Morgan fingerprint density at radius 3 is 2.67 bits per heavy atom. The van der Waals surface area contributed by atoms with Crippen LogP contribution in [0.25, 0.3) is 0 Å². The Labute approximate surface area is 175 Å². The van der Waals surface area contributed by atoms with Crippen molar-refractivity contribution in [3.8, 4) is 0 Å². The lowest BCUT2D eigenvalue weighted by molar-refractivity contribution is -0.132. The molecule has 1 aromatic carbocycles. The van der Waals surface area contributed by atoms with Crippen molar-refractivity contribution < 1.29 is 4.79 Å². The third-order valence-corrected chi connectivity index (χ3v) is 5.60. The van der Waals surface area contributed by atoms with E-state index in [9.17, 15) is 9.59 Å². The molecule has 4 rings (SSSR count). The summed E-state index contributed by atoms with van der Waals surface area (Å²) in [5.41, 5.74) is 2.04. The van der Waals surface area contributed by atoms with Gasteiger partial charge in [-0.15, -0.1) is 10.2 Å². The molecule has 0 saturated heterocycles. The number of hydrogen-bond acceptors (Lipinski definition) is 5. The van der Waals surface area contributed by atoms with Crippen LogP contribution in [-0.4, -0.2) is 42.1 Å². The lowest BCUT2D eigenvalue weighted by Crippen LogP contribution is -2.42. The highest BCUT2D eigenvalue weighted by molar-refractivity contribution is 5.79. The number of aryl methyl sites for hydroxylation is 4. The summed E-state index contributed by atoms with van der Waals surface area (Å²) in [6, 6.07) is 10.4. The number of carbonyl (C=O) groups excluding carboxylic acids is 1. The summed E-state index contributed by atoms with van der Waals surface area (Å²) >= 11 is 0. The summed E-state index contributed by atoms with van der Waals surface area (Å²) in [5, 5.41) is 8.73. The van der Waals surface area contributed by atoms with E-state index in [1.807, 2.05) is 18.2 Å². The minimum absolute atomic E-state index is 0.0379. The van der Waals surface area contributed by atoms with Gasteiger partial charge in [-0.25, -0.2) is 4.98 Å². The molecule has 1 N–H and O–H groups in total. The second-order valence-corrected chi connectivity index (χ2v) is 7.90. The van der Waals surface area contributed by atoms with Crippen molar-refractivity contribution >= 4 is 5.91 Å². The van der Waals surface area contributed by atoms with Crippen molar-refractivity contribution in [2.75, 3.05) is 6.54 Å². The van der Waals surface area contributed by atoms with Gasteiger partial charge >= 0.3 is 0 Å². The molecule has 0 fully saturated rings. The molecule has 8 nitrogen and oxygen atoms in total. The largest absolute Gasteiger partial charge is 0.333 e. The molecule has 1 aliphatic rings. The summed E-state index contributed by atoms with van der Waals surface area (Å²) < 4.78 is 2.15. The van der Waals surface area contributed by atoms with E-state index in [1.54, 1.807) is 18.7 Å². The molecule has 1 aliphatic heterocycles. The van der Waals surface area contributed by atoms with Crippen LogP contribution in [0.4, 0.5) is 0 Å². The van der Waals surface area contributed by atoms with E-state index in [0.717, 1.165) is 24.5 Å². The zero-order valence-electron chi connectivity index (χ0n) is 17.6. The highest BCUT2D eigenvalue weighted by Crippen LogP contribution is 2.23. The van der Waals surface area contributed by atoms with E-state index in [-0.39, 0.29) is 23.9 Å². The highest BCUT2D eigenvalue weighted by atomic mass is 16.2. The SMILES string of the molecule is Cc1nc(C)c(CC(=O)N2Cc3nnc(CCc4ccccc4)n3[C@@H](C)C2)c(=O)[nH]1. The normalized spacial score (nSPS) is 15.8. The second kappa shape index (κ2) is 8.22. The number of nitrogens with zero attached hydrogens (tertiary/aromatic N) is 5. The van der Waals surface area contributed by atoms with Gasteiger partial charge in [0.1, 0.15) is 11.6 Å². The third kappa shape index (κ3) is 4.03. The monoisotopic (exact) mass is 406 g/mol. The number of amides is 1. The highest BCUT2D eigenvalue weighted by Gasteiger charge is 2.29. The van der Waals surface area contributed by atoms with Crippen LogP contribution in [-0.2, 0) is 30.6 Å². The zero-order valence-corrected chi connectivity index (χ0v) is 17.6. The average molecular weight is 406 g/mol. The van der Waals surface area contributed by atoms with Crippen molar-refractivity contribution in [2.45, 2.75) is 52.6 Å². The van der Waals surface area contributed by atoms with Crippen LogP contribution in [0.5, 0.6) is 0 Å². The quantitative estimate of drug-likeness (QED) is 0.698. The van der Waals surface area contributed by atoms with Crippen molar-refractivity contribution in [3.05, 3.63) is 75.0 Å². The smallest absolute Gasteiger partial charge is 0.254 e. The van der Waals surface area contributed by atoms with Gasteiger partial charge in [-0.1, -0.05) is 30.3 Å². The molecule has 0 spiro atoms. The molecule has 1 atom stereocenters. The van der Waals surface area contributed by atoms with Gasteiger partial charge in [0.2, 0.25) is 5.91 Å². The molecule has 0 radical (unpaired) electrons. The van der Waals surface area contributed by atoms with E-state index >= 15 is 0 Å². The fourth-order valence-electron chi connectivity index (χ4n) is 4.10. The van der Waals surface area contributed by atoms with Gasteiger partial charge in [0.05, 0.1) is 19.0 Å². The maximum Gasteiger partial charge on any atom is 0.254 e. The third-order valence-electron chi connectivity index (χ3n) is 5.60. The lowest BCUT2D eigenvalue weighted by atomic mass is 10.1. The number of nitrogens with one attached hydrogen (secondary N) is 1. The molecule has 8 heteroatoms. The molecule has 0 saturated carbocycles. The van der Waals surface area contributed by atoms with Gasteiger partial charge in [-0.3, -0.25) is 9.59 Å². The summed E-state index contributed by atoms with van der Waals surface area (Å²) in [6.07, 6.45) is 1.74. The summed E-state index contributed by atoms with van der Waals surface area (Å²) in [6.45, 7) is 6.54. The Morgan fingerprint density at radius 2 is 1.93 bits per heavy atom. The van der Waals surface area contributed by atoms with Crippen molar-refractivity contribution in [3.63, 3.8) is 0 Å². The Balaban J connectivity index is 1.47. The van der Waals surface area contributed by atoms with E-state index in [0.29, 0.717) is 30.2 Å². The summed E-state index contributed by atoms with van der Waals surface area (Å²) in [4.78, 5) is 33.9. The second-order valence-electron chi connectivity index (χ2n) is 7.90. The minimum Gasteiger partial charge on any atom is -0.333 e. The predicted molar refractivity (Wildman–Crippen MR) is 112 cm³/mol. The van der Waals surface area contributed by atoms with Crippen LogP contribution < -0.4 is 5.56 Å². The summed E-state index contributed by atoms with van der Waals surface area (Å²) in [7, 11) is 0. The molecule has 30 heavy (non-hydrogen) atoms. The number of H-pyrrole nitrogens is 1. The molecular formula is C22H26N6O2. The molecule has 3 aromatic rings. The number of fused-ring (bicyclic) bond motifs is 1. The number of benzene rings is 1. The van der Waals surface area contributed by atoms with E-state index < -0.39 is 0 Å². The Hall–Kier alpha value is -3.29. The topological polar surface area (TPSA) is 96.8 Å². The fourth-order valence-corrected chi connectivity index (χ4v) is 4.10. The number of aromatic amines is 1. The van der Waals surface area contributed by atoms with E-state index in [2.05, 4.69) is 43.8 Å². The van der Waals surface area contributed by atoms with Crippen LogP contribution in [0, 0.1) is 13.8 Å². The molecule has 1 amide bonds. The lowest BCUT2D eigenvalue weighted by Gasteiger charge is -2.32. The predicted octanol–water partition coefficient (Wildman–Crippen LogP) is 1.91. The average Bonchev–Trinajstić information content (AvgIpc) is 3.13. The van der Waals surface area contributed by atoms with Crippen LogP contribution in [0.15, 0.2) is 35.1 Å². The minimum atomic E-state index is -0.246. The fraction of sp³-hybridized carbons (Fsp3) is 0.409. The standard InChI is InChI=1S/C22H26N6O2/c1-14-12-27(21(29)11-18-15(2)23-16(3)24-22(18)30)13-20-26-25-19(28(14)20)10-9-17-7-5-4-6-8-17/h4-8,14H,9-13H2,1-3H3,(H,23,24,30)/t14-/m0/s1. The first kappa shape index (κ1) is 20.0. The molecule has 156 valence electrons. The Bertz CT molecular complexity index is 1120. The zero-order chi connectivity index (χ0) is 21.3. The first-order valence-corrected chi connectivity index (χ1v) is 10.2. The Morgan fingerprint density at radius 1 is 1.17 bits per heavy atom. The van der Waals surface area contributed by atoms with Crippen LogP contribution >= 0.6 is 0 Å². The first-order valence-electron chi connectivity index (χ1n) is 10.2. The van der Waals surface area contributed by atoms with Gasteiger partial charge in [-0.05, 0) is 32.8 Å². The maximum atomic E-state index is 12.9. The molecule has 2 aromatic heterocycles. The Kier molecular flexibility index (Phi) is 5.48. The van der Waals surface area contributed by atoms with Gasteiger partial charge in [0.15, 0.2) is 5.82 Å². The number of aromatic nitrogens is 5. The maximum absolute atomic E-state index is 12.9. The van der Waals surface area contributed by atoms with Crippen LogP contribution in [0.2, 0.25) is 0 Å². The van der Waals surface area contributed by atoms with Crippen molar-refractivity contribution in [1.82, 2.24) is 29.6 Å². The van der Waals surface area contributed by atoms with Crippen LogP contribution in [0.1, 0.15) is 47.3 Å². The summed E-state index contributed by atoms with van der Waals surface area (Å²) in [5.74, 6) is 2.19. The molecule has 3 heterocycles. The molecular weight excluding hydrogens is 380 g/mol. The van der Waals surface area contributed by atoms with Crippen LogP contribution in [0.3, 0.4) is 0 Å². The van der Waals surface area contributed by atoms with Gasteiger partial charge in [-0.2, -0.15) is 0 Å². The van der Waals surface area contributed by atoms with E-state index in [4.69, 9.17) is 0 Å². The van der Waals surface area contributed by atoms with Gasteiger partial charge in [0, 0.05) is 24.2 Å². The van der Waals surface area contributed by atoms with Gasteiger partial charge < -0.3 is 14.5 Å². The molecule has 0 unspecified atom stereocenters. The number of rotatable bonds is 5. The first-order chi connectivity index (χ1) is 14.4. The van der Waals surface area contributed by atoms with Gasteiger partial charge in [0.25, 0.3) is 5.56 Å².